The average molecular weight is 264 g/mol. The summed E-state index contributed by atoms with van der Waals surface area (Å²) in [5.41, 5.74) is 0.448. The number of carbonyl (C=O) groups is 1. The maximum absolute atomic E-state index is 13.6. The van der Waals surface area contributed by atoms with Gasteiger partial charge in [0.05, 0.1) is 4.90 Å². The van der Waals surface area contributed by atoms with E-state index in [4.69, 9.17) is 0 Å². The van der Waals surface area contributed by atoms with Crippen molar-refractivity contribution in [2.75, 3.05) is 0 Å². The van der Waals surface area contributed by atoms with Crippen LogP contribution in [0, 0.1) is 12.7 Å². The van der Waals surface area contributed by atoms with E-state index in [9.17, 15) is 14.0 Å². The monoisotopic (exact) mass is 264 g/mol. The second-order valence-corrected chi connectivity index (χ2v) is 4.57. The van der Waals surface area contributed by atoms with Gasteiger partial charge in [-0.15, -0.1) is 0 Å². The Morgan fingerprint density at radius 1 is 1.44 bits per heavy atom. The smallest absolute Gasteiger partial charge is 0.251 e. The fourth-order valence-corrected chi connectivity index (χ4v) is 2.36. The van der Waals surface area contributed by atoms with Crippen LogP contribution in [0.3, 0.4) is 0 Å². The van der Waals surface area contributed by atoms with Gasteiger partial charge in [0.1, 0.15) is 5.82 Å². The molecule has 6 heteroatoms. The van der Waals surface area contributed by atoms with Crippen molar-refractivity contribution >= 4 is 18.0 Å². The minimum Gasteiger partial charge on any atom is -0.301 e. The van der Waals surface area contributed by atoms with Crippen molar-refractivity contribution in [2.45, 2.75) is 17.0 Å². The van der Waals surface area contributed by atoms with E-state index in [1.165, 1.54) is 24.3 Å². The first kappa shape index (κ1) is 12.5. The highest BCUT2D eigenvalue weighted by molar-refractivity contribution is 7.99. The SMILES string of the molecule is Cc1cc(=O)[nH]c(Sc2c(F)cccc2C=O)n1. The van der Waals surface area contributed by atoms with Crippen molar-refractivity contribution in [1.82, 2.24) is 9.97 Å². The number of aromatic nitrogens is 2. The molecule has 1 heterocycles. The molecule has 2 aromatic rings. The zero-order valence-corrected chi connectivity index (χ0v) is 10.3. The highest BCUT2D eigenvalue weighted by Gasteiger charge is 2.11. The van der Waals surface area contributed by atoms with E-state index in [0.717, 1.165) is 11.8 Å². The highest BCUT2D eigenvalue weighted by Crippen LogP contribution is 2.29. The molecular weight excluding hydrogens is 255 g/mol. The standard InChI is InChI=1S/C12H9FN2O2S/c1-7-5-10(17)15-12(14-7)18-11-8(6-16)3-2-4-9(11)13/h2-6H,1H3,(H,14,15,17). The summed E-state index contributed by atoms with van der Waals surface area (Å²) >= 11 is 0.921. The molecule has 1 aromatic heterocycles. The molecule has 0 spiro atoms. The molecule has 0 unspecified atom stereocenters. The van der Waals surface area contributed by atoms with Gasteiger partial charge in [0.15, 0.2) is 11.4 Å². The zero-order valence-electron chi connectivity index (χ0n) is 9.44. The average Bonchev–Trinajstić information content (AvgIpc) is 2.30. The van der Waals surface area contributed by atoms with Crippen LogP contribution in [-0.2, 0) is 0 Å². The number of H-pyrrole nitrogens is 1. The third kappa shape index (κ3) is 2.65. The Morgan fingerprint density at radius 3 is 2.89 bits per heavy atom. The molecule has 2 rings (SSSR count). The summed E-state index contributed by atoms with van der Waals surface area (Å²) in [5, 5.41) is 0.258. The first-order chi connectivity index (χ1) is 8.60. The lowest BCUT2D eigenvalue weighted by molar-refractivity contribution is 0.112. The Labute approximate surface area is 106 Å². The lowest BCUT2D eigenvalue weighted by Crippen LogP contribution is -2.08. The molecular formula is C12H9FN2O2S. The summed E-state index contributed by atoms with van der Waals surface area (Å²) in [5.74, 6) is -0.520. The minimum absolute atomic E-state index is 0.154. The topological polar surface area (TPSA) is 62.8 Å². The number of aryl methyl sites for hydroxylation is 1. The Balaban J connectivity index is 2.45. The van der Waals surface area contributed by atoms with Crippen LogP contribution in [0.15, 0.2) is 39.1 Å². The van der Waals surface area contributed by atoms with Crippen molar-refractivity contribution in [2.24, 2.45) is 0 Å². The van der Waals surface area contributed by atoms with Gasteiger partial charge in [-0.1, -0.05) is 12.1 Å². The van der Waals surface area contributed by atoms with Crippen molar-refractivity contribution < 1.29 is 9.18 Å². The summed E-state index contributed by atoms with van der Waals surface area (Å²) < 4.78 is 13.6. The van der Waals surface area contributed by atoms with Gasteiger partial charge in [-0.3, -0.25) is 9.59 Å². The molecule has 1 N–H and O–H groups in total. The maximum atomic E-state index is 13.6. The second-order valence-electron chi connectivity index (χ2n) is 3.57. The van der Waals surface area contributed by atoms with Crippen LogP contribution in [0.4, 0.5) is 4.39 Å². The maximum Gasteiger partial charge on any atom is 0.251 e. The Morgan fingerprint density at radius 2 is 2.22 bits per heavy atom. The predicted molar refractivity (Wildman–Crippen MR) is 65.5 cm³/mol. The number of rotatable bonds is 3. The molecule has 92 valence electrons. The van der Waals surface area contributed by atoms with Crippen molar-refractivity contribution in [3.63, 3.8) is 0 Å². The molecule has 0 radical (unpaired) electrons. The summed E-state index contributed by atoms with van der Waals surface area (Å²) in [4.78, 5) is 28.8. The number of halogens is 1. The number of benzene rings is 1. The number of aldehydes is 1. The largest absolute Gasteiger partial charge is 0.301 e. The molecule has 0 atom stereocenters. The number of hydrogen-bond acceptors (Lipinski definition) is 4. The van der Waals surface area contributed by atoms with Crippen LogP contribution in [-0.4, -0.2) is 16.3 Å². The summed E-state index contributed by atoms with van der Waals surface area (Å²) in [6, 6.07) is 5.55. The van der Waals surface area contributed by atoms with Gasteiger partial charge in [0.2, 0.25) is 0 Å². The van der Waals surface area contributed by atoms with Gasteiger partial charge < -0.3 is 4.98 Å². The molecule has 0 aliphatic rings. The highest BCUT2D eigenvalue weighted by atomic mass is 32.2. The molecule has 1 aromatic carbocycles. The van der Waals surface area contributed by atoms with E-state index >= 15 is 0 Å². The third-order valence-corrected chi connectivity index (χ3v) is 3.19. The number of aromatic amines is 1. The van der Waals surface area contributed by atoms with Gasteiger partial charge in [0.25, 0.3) is 5.56 Å². The fraction of sp³-hybridized carbons (Fsp3) is 0.0833. The summed E-state index contributed by atoms with van der Waals surface area (Å²) in [7, 11) is 0. The number of nitrogens with zero attached hydrogens (tertiary/aromatic N) is 1. The lowest BCUT2D eigenvalue weighted by atomic mass is 10.2. The first-order valence-corrected chi connectivity index (χ1v) is 5.91. The Bertz CT molecular complexity index is 655. The van der Waals surface area contributed by atoms with Crippen LogP contribution in [0.2, 0.25) is 0 Å². The molecule has 0 saturated carbocycles. The molecule has 18 heavy (non-hydrogen) atoms. The van der Waals surface area contributed by atoms with E-state index in [1.807, 2.05) is 0 Å². The van der Waals surface area contributed by atoms with E-state index in [-0.39, 0.29) is 21.2 Å². The van der Waals surface area contributed by atoms with E-state index in [0.29, 0.717) is 12.0 Å². The zero-order chi connectivity index (χ0) is 13.1. The summed E-state index contributed by atoms with van der Waals surface area (Å²) in [6.45, 7) is 1.67. The molecule has 0 amide bonds. The molecule has 0 bridgehead atoms. The molecule has 4 nitrogen and oxygen atoms in total. The van der Waals surface area contributed by atoms with Crippen LogP contribution >= 0.6 is 11.8 Å². The third-order valence-electron chi connectivity index (χ3n) is 2.17. The van der Waals surface area contributed by atoms with Crippen molar-refractivity contribution in [1.29, 1.82) is 0 Å². The summed E-state index contributed by atoms with van der Waals surface area (Å²) in [6.07, 6.45) is 0.569. The van der Waals surface area contributed by atoms with E-state index in [1.54, 1.807) is 6.92 Å². The van der Waals surface area contributed by atoms with Crippen LogP contribution < -0.4 is 5.56 Å². The van der Waals surface area contributed by atoms with Crippen molar-refractivity contribution in [3.8, 4) is 0 Å². The molecule has 0 fully saturated rings. The van der Waals surface area contributed by atoms with Gasteiger partial charge in [-0.05, 0) is 24.8 Å². The number of nitrogens with one attached hydrogen (secondary N) is 1. The molecule has 0 saturated heterocycles. The van der Waals surface area contributed by atoms with Crippen molar-refractivity contribution in [3.05, 3.63) is 51.7 Å². The fourth-order valence-electron chi connectivity index (χ4n) is 1.42. The minimum atomic E-state index is -0.520. The van der Waals surface area contributed by atoms with Gasteiger partial charge in [0, 0.05) is 17.3 Å². The second kappa shape index (κ2) is 5.14. The van der Waals surface area contributed by atoms with Gasteiger partial charge in [-0.25, -0.2) is 9.37 Å². The predicted octanol–water partition coefficient (Wildman–Crippen LogP) is 2.18. The number of hydrogen-bond donors (Lipinski definition) is 1. The molecule has 0 aliphatic carbocycles. The molecule has 0 aliphatic heterocycles. The van der Waals surface area contributed by atoms with Crippen LogP contribution in [0.5, 0.6) is 0 Å². The van der Waals surface area contributed by atoms with Crippen LogP contribution in [0.1, 0.15) is 16.1 Å². The Hall–Kier alpha value is -1.95. The quantitative estimate of drug-likeness (QED) is 0.681. The normalized spacial score (nSPS) is 10.3. The first-order valence-electron chi connectivity index (χ1n) is 5.09. The van der Waals surface area contributed by atoms with E-state index < -0.39 is 5.82 Å². The van der Waals surface area contributed by atoms with Gasteiger partial charge >= 0.3 is 0 Å². The van der Waals surface area contributed by atoms with Gasteiger partial charge in [-0.2, -0.15) is 0 Å². The Kier molecular flexibility index (Phi) is 3.57. The van der Waals surface area contributed by atoms with Crippen LogP contribution in [0.25, 0.3) is 0 Å². The lowest BCUT2D eigenvalue weighted by Gasteiger charge is -2.05. The van der Waals surface area contributed by atoms with E-state index in [2.05, 4.69) is 9.97 Å². The number of carbonyl (C=O) groups excluding carboxylic acids is 1.